The van der Waals surface area contributed by atoms with Crippen LogP contribution in [0.1, 0.15) is 38.2 Å². The van der Waals surface area contributed by atoms with Crippen molar-refractivity contribution in [3.8, 4) is 11.8 Å². The highest BCUT2D eigenvalue weighted by atomic mass is 32.2. The molecule has 1 saturated heterocycles. The molecular weight excluding hydrogens is 551 g/mol. The molecule has 6 nitrogen and oxygen atoms in total. The number of sulfone groups is 1. The van der Waals surface area contributed by atoms with Gasteiger partial charge in [-0.05, 0) is 42.3 Å². The molecule has 5 rings (SSSR count). The van der Waals surface area contributed by atoms with E-state index in [0.717, 1.165) is 28.0 Å². The van der Waals surface area contributed by atoms with Gasteiger partial charge in [0.15, 0.2) is 9.84 Å². The van der Waals surface area contributed by atoms with E-state index in [0.29, 0.717) is 5.56 Å². The van der Waals surface area contributed by atoms with Gasteiger partial charge in [0, 0.05) is 59.6 Å². The van der Waals surface area contributed by atoms with Crippen molar-refractivity contribution in [1.82, 2.24) is 9.88 Å². The molecule has 3 aromatic carbocycles. The van der Waals surface area contributed by atoms with E-state index < -0.39 is 27.5 Å². The number of hydrogen-bond acceptors (Lipinski definition) is 5. The van der Waals surface area contributed by atoms with E-state index in [1.807, 2.05) is 31.2 Å². The van der Waals surface area contributed by atoms with Crippen molar-refractivity contribution in [2.75, 3.05) is 29.9 Å². The first-order valence-corrected chi connectivity index (χ1v) is 14.7. The van der Waals surface area contributed by atoms with Gasteiger partial charge in [0.2, 0.25) is 0 Å². The first-order chi connectivity index (χ1) is 19.5. The Morgan fingerprint density at radius 3 is 2.46 bits per heavy atom. The number of benzene rings is 3. The number of anilines is 1. The Morgan fingerprint density at radius 1 is 0.976 bits per heavy atom. The number of alkyl halides is 3. The lowest BCUT2D eigenvalue weighted by atomic mass is 10.0. The monoisotopic (exact) mass is 577 g/mol. The average Bonchev–Trinajstić information content (AvgIpc) is 2.94. The third kappa shape index (κ3) is 6.76. The number of carbonyl (C=O) groups is 1. The zero-order valence-electron chi connectivity index (χ0n) is 22.1. The highest BCUT2D eigenvalue weighted by molar-refractivity contribution is 7.91. The van der Waals surface area contributed by atoms with Crippen LogP contribution in [0.3, 0.4) is 0 Å². The standard InChI is InChI=1S/C31H26F3N3O3S/c1-21-6-7-23(16-22(21)8-9-25-19-35-18-24-4-2-3-5-28(24)25)30(38)36-27-11-10-26(29(17-27)31(32,33)34)20-37-12-14-41(39,40)15-13-37/h2-7,10-11,16-19H,12-15,20H2,1H3,(H,36,38). The second-order valence-electron chi connectivity index (χ2n) is 9.94. The first kappa shape index (κ1) is 28.3. The fourth-order valence-corrected chi connectivity index (χ4v) is 5.93. The highest BCUT2D eigenvalue weighted by Crippen LogP contribution is 2.35. The van der Waals surface area contributed by atoms with Crippen LogP contribution >= 0.6 is 0 Å². The van der Waals surface area contributed by atoms with Crippen molar-refractivity contribution in [3.63, 3.8) is 0 Å². The van der Waals surface area contributed by atoms with Crippen LogP contribution in [-0.2, 0) is 22.6 Å². The lowest BCUT2D eigenvalue weighted by Gasteiger charge is -2.27. The molecule has 0 radical (unpaired) electrons. The normalized spacial score (nSPS) is 15.2. The Labute approximate surface area is 236 Å². The topological polar surface area (TPSA) is 79.4 Å². The number of pyridine rings is 1. The van der Waals surface area contributed by atoms with Gasteiger partial charge < -0.3 is 5.32 Å². The average molecular weight is 578 g/mol. The fraction of sp³-hybridized carbons (Fsp3) is 0.226. The summed E-state index contributed by atoms with van der Waals surface area (Å²) >= 11 is 0. The summed E-state index contributed by atoms with van der Waals surface area (Å²) in [6, 6.07) is 16.3. The Hall–Kier alpha value is -4.20. The van der Waals surface area contributed by atoms with Gasteiger partial charge in [0.1, 0.15) is 0 Å². The maximum absolute atomic E-state index is 13.9. The third-order valence-electron chi connectivity index (χ3n) is 7.00. The summed E-state index contributed by atoms with van der Waals surface area (Å²) in [5, 5.41) is 4.48. The lowest BCUT2D eigenvalue weighted by Crippen LogP contribution is -2.40. The van der Waals surface area contributed by atoms with E-state index in [4.69, 9.17) is 0 Å². The molecule has 1 amide bonds. The smallest absolute Gasteiger partial charge is 0.322 e. The van der Waals surface area contributed by atoms with Gasteiger partial charge in [-0.1, -0.05) is 48.2 Å². The molecular formula is C31H26F3N3O3S. The van der Waals surface area contributed by atoms with Crippen LogP contribution in [0.25, 0.3) is 10.8 Å². The molecule has 210 valence electrons. The molecule has 0 unspecified atom stereocenters. The molecule has 4 aromatic rings. The molecule has 0 atom stereocenters. The van der Waals surface area contributed by atoms with Crippen LogP contribution in [0.2, 0.25) is 0 Å². The minimum atomic E-state index is -4.65. The minimum absolute atomic E-state index is 0.00216. The second kappa shape index (κ2) is 11.4. The van der Waals surface area contributed by atoms with Crippen LogP contribution in [0.5, 0.6) is 0 Å². The van der Waals surface area contributed by atoms with Crippen LogP contribution in [0.4, 0.5) is 18.9 Å². The maximum atomic E-state index is 13.9. The molecule has 1 aliphatic heterocycles. The van der Waals surface area contributed by atoms with E-state index in [1.165, 1.54) is 12.1 Å². The van der Waals surface area contributed by atoms with Crippen molar-refractivity contribution >= 4 is 32.2 Å². The largest absolute Gasteiger partial charge is 0.416 e. The number of hydrogen-bond donors (Lipinski definition) is 1. The number of amides is 1. The lowest BCUT2D eigenvalue weighted by molar-refractivity contribution is -0.138. The number of rotatable bonds is 4. The SMILES string of the molecule is Cc1ccc(C(=O)Nc2ccc(CN3CCS(=O)(=O)CC3)c(C(F)(F)F)c2)cc1C#Cc1cncc2ccccc12. The number of halogens is 3. The van der Waals surface area contributed by atoms with Gasteiger partial charge >= 0.3 is 6.18 Å². The molecule has 0 bridgehead atoms. The number of aryl methyl sites for hydroxylation is 1. The van der Waals surface area contributed by atoms with Crippen molar-refractivity contribution in [3.05, 3.63) is 106 Å². The maximum Gasteiger partial charge on any atom is 0.416 e. The molecule has 0 spiro atoms. The number of nitrogens with one attached hydrogen (secondary N) is 1. The summed E-state index contributed by atoms with van der Waals surface area (Å²) in [4.78, 5) is 19.0. The number of fused-ring (bicyclic) bond motifs is 1. The third-order valence-corrected chi connectivity index (χ3v) is 8.61. The van der Waals surface area contributed by atoms with E-state index >= 15 is 0 Å². The quantitative estimate of drug-likeness (QED) is 0.327. The summed E-state index contributed by atoms with van der Waals surface area (Å²) in [5.74, 6) is 5.50. The van der Waals surface area contributed by atoms with E-state index in [1.54, 1.807) is 35.5 Å². The van der Waals surface area contributed by atoms with E-state index in [-0.39, 0.29) is 48.0 Å². The fourth-order valence-electron chi connectivity index (χ4n) is 4.66. The van der Waals surface area contributed by atoms with Gasteiger partial charge in [-0.15, -0.1) is 0 Å². The number of nitrogens with zero attached hydrogens (tertiary/aromatic N) is 2. The molecule has 1 fully saturated rings. The number of aromatic nitrogens is 1. The molecule has 2 heterocycles. The van der Waals surface area contributed by atoms with Gasteiger partial charge in [-0.25, -0.2) is 8.42 Å². The zero-order chi connectivity index (χ0) is 29.2. The van der Waals surface area contributed by atoms with Crippen LogP contribution in [0, 0.1) is 18.8 Å². The Morgan fingerprint density at radius 2 is 1.71 bits per heavy atom. The Bertz CT molecular complexity index is 1790. The minimum Gasteiger partial charge on any atom is -0.322 e. The van der Waals surface area contributed by atoms with Crippen LogP contribution in [0.15, 0.2) is 73.1 Å². The zero-order valence-corrected chi connectivity index (χ0v) is 22.9. The van der Waals surface area contributed by atoms with Crippen molar-refractivity contribution in [2.45, 2.75) is 19.6 Å². The van der Waals surface area contributed by atoms with Gasteiger partial charge in [-0.2, -0.15) is 13.2 Å². The Kier molecular flexibility index (Phi) is 7.84. The van der Waals surface area contributed by atoms with Gasteiger partial charge in [0.05, 0.1) is 22.6 Å². The summed E-state index contributed by atoms with van der Waals surface area (Å²) < 4.78 is 65.2. The second-order valence-corrected chi connectivity index (χ2v) is 12.2. The van der Waals surface area contributed by atoms with E-state index in [9.17, 15) is 26.4 Å². The molecule has 0 aliphatic carbocycles. The molecule has 10 heteroatoms. The highest BCUT2D eigenvalue weighted by Gasteiger charge is 2.34. The summed E-state index contributed by atoms with van der Waals surface area (Å²) in [7, 11) is -3.15. The predicted molar refractivity (Wildman–Crippen MR) is 152 cm³/mol. The summed E-state index contributed by atoms with van der Waals surface area (Å²) in [6.07, 6.45) is -1.22. The summed E-state index contributed by atoms with van der Waals surface area (Å²) in [6.45, 7) is 2.17. The summed E-state index contributed by atoms with van der Waals surface area (Å²) in [5.41, 5.74) is 1.60. The first-order valence-electron chi connectivity index (χ1n) is 12.9. The molecule has 1 N–H and O–H groups in total. The van der Waals surface area contributed by atoms with Gasteiger partial charge in [0.25, 0.3) is 5.91 Å². The van der Waals surface area contributed by atoms with Crippen LogP contribution in [-0.4, -0.2) is 48.8 Å². The van der Waals surface area contributed by atoms with Crippen molar-refractivity contribution in [2.24, 2.45) is 0 Å². The van der Waals surface area contributed by atoms with Crippen LogP contribution < -0.4 is 5.32 Å². The predicted octanol–water partition coefficient (Wildman–Crippen LogP) is 5.44. The van der Waals surface area contributed by atoms with Crippen molar-refractivity contribution in [1.29, 1.82) is 0 Å². The molecule has 41 heavy (non-hydrogen) atoms. The van der Waals surface area contributed by atoms with Gasteiger partial charge in [-0.3, -0.25) is 14.7 Å². The van der Waals surface area contributed by atoms with Crippen molar-refractivity contribution < 1.29 is 26.4 Å². The molecule has 1 aliphatic rings. The molecule has 1 aromatic heterocycles. The number of carbonyl (C=O) groups excluding carboxylic acids is 1. The molecule has 0 saturated carbocycles. The Balaban J connectivity index is 1.36. The van der Waals surface area contributed by atoms with E-state index in [2.05, 4.69) is 22.1 Å².